The van der Waals surface area contributed by atoms with Crippen molar-refractivity contribution in [1.82, 2.24) is 18.7 Å². The molecule has 8 amide bonds. The van der Waals surface area contributed by atoms with Gasteiger partial charge in [0.25, 0.3) is 11.8 Å². The molecule has 0 bridgehead atoms. The first-order valence-electron chi connectivity index (χ1n) is 18.5. The van der Waals surface area contributed by atoms with E-state index in [1.54, 1.807) is 30.4 Å². The Morgan fingerprint density at radius 3 is 1.53 bits per heavy atom. The van der Waals surface area contributed by atoms with Crippen molar-refractivity contribution in [3.8, 4) is 0 Å². The van der Waals surface area contributed by atoms with E-state index in [-0.39, 0.29) is 103 Å². The molecular formula is C47H46N4O8P2Y-2. The van der Waals surface area contributed by atoms with Gasteiger partial charge in [-0.3, -0.25) is 38.4 Å². The first-order chi connectivity index (χ1) is 28.0. The second-order valence-corrected chi connectivity index (χ2v) is 16.4. The van der Waals surface area contributed by atoms with Crippen LogP contribution in [0.2, 0.25) is 0 Å². The van der Waals surface area contributed by atoms with Crippen LogP contribution in [0.15, 0.2) is 110 Å². The third kappa shape index (κ3) is 8.71. The maximum atomic E-state index is 13.2. The van der Waals surface area contributed by atoms with Gasteiger partial charge in [0.1, 0.15) is 8.88 Å². The number of carbonyl (C=O) groups excluding carboxylic acids is 8. The zero-order valence-electron chi connectivity index (χ0n) is 31.5. The number of carbonyl (C=O) groups is 8. The molecule has 0 aliphatic carbocycles. The molecule has 4 heterocycles. The summed E-state index contributed by atoms with van der Waals surface area (Å²) in [6.07, 6.45) is 4.76. The van der Waals surface area contributed by atoms with Gasteiger partial charge in [-0.2, -0.15) is 24.3 Å². The second kappa shape index (κ2) is 20.3. The Bertz CT molecular complexity index is 2590. The fourth-order valence-electron chi connectivity index (χ4n) is 7.78. The molecule has 4 aliphatic heterocycles. The standard InChI is InChI=1S/C29H22N2O4P.C15H12N2O4P.3CH4.Y/c1-2-7-18-16-26(32)30(27(18)33)36-31-28(34)23-13-12-17(15-25(23)29(31)35)14-24-21-10-5-3-8-19(21)20-9-4-6-11-22(20)24;1-2-5-9-8-12(18)16(13(9)19)22-17-14(20)10-6-3-4-7-11(10)15(17)21;;;;/h2-6,8-13,15,18,36H,1,7,14,16H2;2-3,6-7,9,22H,1,5,8H2;3*1H4;/q2*-1;;;;. The number of rotatable bonds is 10. The number of allylic oxidation sites excluding steroid dienone is 2. The summed E-state index contributed by atoms with van der Waals surface area (Å²) in [4.78, 5) is 100.0. The minimum absolute atomic E-state index is 0. The van der Waals surface area contributed by atoms with Gasteiger partial charge in [0, 0.05) is 45.6 Å². The van der Waals surface area contributed by atoms with Crippen LogP contribution >= 0.6 is 17.8 Å². The molecule has 12 nitrogen and oxygen atoms in total. The minimum Gasteiger partial charge on any atom is -0.283 e. The number of hydrogen-bond acceptors (Lipinski definition) is 8. The van der Waals surface area contributed by atoms with E-state index >= 15 is 0 Å². The Morgan fingerprint density at radius 2 is 1.05 bits per heavy atom. The van der Waals surface area contributed by atoms with Crippen molar-refractivity contribution >= 4 is 86.6 Å². The van der Waals surface area contributed by atoms with E-state index in [4.69, 9.17) is 0 Å². The SMILES string of the molecule is C.C.C.C=CCC1CC(=O)N(PN2C(=O)c3c[c-]ccc3C2=O)C1=O.C=CCC1CC(=O)N(PN2C(=O)c3ccc(C[c-]4c5ccccc5c5ccccc54)cc3C2=O)C1=O.[Y]. The molecule has 62 heavy (non-hydrogen) atoms. The molecule has 4 unspecified atom stereocenters. The summed E-state index contributed by atoms with van der Waals surface area (Å²) >= 11 is 0. The Balaban J connectivity index is 0.000000283. The average Bonchev–Trinajstić information content (AvgIpc) is 3.93. The van der Waals surface area contributed by atoms with E-state index in [0.717, 1.165) is 24.2 Å². The number of hydrogen-bond donors (Lipinski definition) is 0. The van der Waals surface area contributed by atoms with Gasteiger partial charge in [-0.05, 0) is 37.0 Å². The van der Waals surface area contributed by atoms with Gasteiger partial charge in [-0.15, -0.1) is 52.4 Å². The van der Waals surface area contributed by atoms with Crippen molar-refractivity contribution in [2.45, 2.75) is 54.4 Å². The molecule has 317 valence electrons. The van der Waals surface area contributed by atoms with Gasteiger partial charge in [0.2, 0.25) is 35.4 Å². The fraction of sp³-hybridized carbons (Fsp3) is 0.213. The van der Waals surface area contributed by atoms with Gasteiger partial charge in [0.05, 0.1) is 31.8 Å². The molecule has 2 saturated heterocycles. The van der Waals surface area contributed by atoms with E-state index < -0.39 is 53.2 Å². The number of amides is 8. The molecule has 0 aromatic heterocycles. The third-order valence-corrected chi connectivity index (χ3v) is 13.2. The summed E-state index contributed by atoms with van der Waals surface area (Å²) in [5, 5.41) is 4.73. The van der Waals surface area contributed by atoms with Crippen molar-refractivity contribution in [3.63, 3.8) is 0 Å². The zero-order valence-corrected chi connectivity index (χ0v) is 36.3. The Hall–Kier alpha value is -5.25. The Morgan fingerprint density at radius 1 is 0.597 bits per heavy atom. The van der Waals surface area contributed by atoms with Gasteiger partial charge < -0.3 is 0 Å². The molecule has 5 aromatic carbocycles. The molecule has 9 rings (SSSR count). The van der Waals surface area contributed by atoms with E-state index in [0.29, 0.717) is 30.4 Å². The topological polar surface area (TPSA) is 150 Å². The number of fused-ring (bicyclic) bond motifs is 5. The largest absolute Gasteiger partial charge is 0.283 e. The van der Waals surface area contributed by atoms with Crippen molar-refractivity contribution in [2.75, 3.05) is 0 Å². The van der Waals surface area contributed by atoms with Gasteiger partial charge in [-0.25, -0.2) is 18.7 Å². The fourth-order valence-corrected chi connectivity index (χ4v) is 9.99. The molecule has 0 N–H and O–H groups in total. The first-order valence-corrected chi connectivity index (χ1v) is 20.2. The molecular weight excluding hydrogens is 899 g/mol. The van der Waals surface area contributed by atoms with Crippen LogP contribution in [0.4, 0.5) is 0 Å². The molecule has 5 aromatic rings. The van der Waals surface area contributed by atoms with Crippen LogP contribution in [0.3, 0.4) is 0 Å². The average molecular weight is 946 g/mol. The van der Waals surface area contributed by atoms with Crippen LogP contribution < -0.4 is 0 Å². The molecule has 4 atom stereocenters. The van der Waals surface area contributed by atoms with Crippen molar-refractivity contribution in [1.29, 1.82) is 0 Å². The van der Waals surface area contributed by atoms with E-state index in [1.807, 2.05) is 30.3 Å². The van der Waals surface area contributed by atoms with Crippen LogP contribution in [0, 0.1) is 17.9 Å². The summed E-state index contributed by atoms with van der Waals surface area (Å²) in [5.74, 6) is -4.29. The number of imide groups is 4. The molecule has 15 heteroatoms. The maximum absolute atomic E-state index is 13.2. The van der Waals surface area contributed by atoms with E-state index in [1.165, 1.54) is 39.2 Å². The predicted molar refractivity (Wildman–Crippen MR) is 239 cm³/mol. The smallest absolute Gasteiger partial charge is 0.266 e. The van der Waals surface area contributed by atoms with E-state index in [2.05, 4.69) is 43.5 Å². The summed E-state index contributed by atoms with van der Waals surface area (Å²) in [5.41, 5.74) is 3.24. The summed E-state index contributed by atoms with van der Waals surface area (Å²) in [6, 6.07) is 29.1. The molecule has 0 saturated carbocycles. The Labute approximate surface area is 389 Å². The maximum Gasteiger partial charge on any atom is 0.266 e. The van der Waals surface area contributed by atoms with Gasteiger partial charge in [-0.1, -0.05) is 88.0 Å². The molecule has 0 spiro atoms. The monoisotopic (exact) mass is 945 g/mol. The van der Waals surface area contributed by atoms with Crippen LogP contribution in [0.25, 0.3) is 21.5 Å². The first kappa shape index (κ1) is 49.4. The van der Waals surface area contributed by atoms with Gasteiger partial charge in [0.15, 0.2) is 0 Å². The van der Waals surface area contributed by atoms with Crippen LogP contribution in [0.1, 0.15) is 101 Å². The molecule has 4 aliphatic rings. The molecule has 1 radical (unpaired) electrons. The van der Waals surface area contributed by atoms with Crippen LogP contribution in [-0.2, 0) is 58.3 Å². The third-order valence-electron chi connectivity index (χ3n) is 10.6. The van der Waals surface area contributed by atoms with Crippen LogP contribution in [0.5, 0.6) is 0 Å². The quantitative estimate of drug-likeness (QED) is 0.0584. The van der Waals surface area contributed by atoms with Crippen molar-refractivity contribution in [3.05, 3.63) is 150 Å². The predicted octanol–water partition coefficient (Wildman–Crippen LogP) is 8.81. The number of benzene rings is 4. The summed E-state index contributed by atoms with van der Waals surface area (Å²) in [7, 11) is -1.30. The van der Waals surface area contributed by atoms with Gasteiger partial charge >= 0.3 is 0 Å². The second-order valence-electron chi connectivity index (χ2n) is 14.2. The van der Waals surface area contributed by atoms with E-state index in [9.17, 15) is 38.4 Å². The minimum atomic E-state index is -0.669. The van der Waals surface area contributed by atoms with Crippen molar-refractivity contribution < 1.29 is 71.1 Å². The molecule has 2 fully saturated rings. The Kier molecular flexibility index (Phi) is 16.2. The summed E-state index contributed by atoms with van der Waals surface area (Å²) < 4.78 is 4.01. The normalized spacial score (nSPS) is 18.0. The zero-order chi connectivity index (χ0) is 40.8. The van der Waals surface area contributed by atoms with Crippen LogP contribution in [-0.4, -0.2) is 65.9 Å². The number of nitrogens with zero attached hydrogens (tertiary/aromatic N) is 4. The summed E-state index contributed by atoms with van der Waals surface area (Å²) in [6.45, 7) is 7.19. The van der Waals surface area contributed by atoms with Crippen molar-refractivity contribution in [2.24, 2.45) is 11.8 Å².